The number of hydroxylamine groups is 2. The minimum atomic E-state index is -0.990. The van der Waals surface area contributed by atoms with Crippen LogP contribution in [0.4, 0.5) is 0 Å². The predicted octanol–water partition coefficient (Wildman–Crippen LogP) is 3.49. The summed E-state index contributed by atoms with van der Waals surface area (Å²) in [6.45, 7) is 0. The number of nitrogens with zero attached hydrogens (tertiary/aromatic N) is 4. The molecule has 0 fully saturated rings. The van der Waals surface area contributed by atoms with Gasteiger partial charge in [-0.3, -0.25) is 4.98 Å². The van der Waals surface area contributed by atoms with Crippen molar-refractivity contribution >= 4 is 5.96 Å². The van der Waals surface area contributed by atoms with Crippen LogP contribution in [0.3, 0.4) is 0 Å². The molecule has 2 aliphatic heterocycles. The number of hydrogen-bond donors (Lipinski definition) is 1. The van der Waals surface area contributed by atoms with Gasteiger partial charge in [0.2, 0.25) is 11.7 Å². The van der Waals surface area contributed by atoms with Gasteiger partial charge in [-0.2, -0.15) is 5.26 Å². The summed E-state index contributed by atoms with van der Waals surface area (Å²) in [6.07, 6.45) is 3.70. The molecule has 0 saturated carbocycles. The Bertz CT molecular complexity index is 1190. The molecular formula is C23H19N5O2. The van der Waals surface area contributed by atoms with Crippen molar-refractivity contribution in [1.29, 1.82) is 5.26 Å². The Kier molecular flexibility index (Phi) is 4.16. The molecule has 3 heterocycles. The zero-order valence-corrected chi connectivity index (χ0v) is 16.3. The average Bonchev–Trinajstić information content (AvgIpc) is 3.07. The summed E-state index contributed by atoms with van der Waals surface area (Å²) in [5.41, 5.74) is 9.31. The number of fused-ring (bicyclic) bond motifs is 2. The van der Waals surface area contributed by atoms with Crippen molar-refractivity contribution in [2.45, 2.75) is 18.2 Å². The Labute approximate surface area is 174 Å². The van der Waals surface area contributed by atoms with Crippen molar-refractivity contribution in [3.63, 3.8) is 0 Å². The Morgan fingerprint density at radius 1 is 1.17 bits per heavy atom. The normalized spacial score (nSPS) is 22.2. The molecule has 7 heteroatoms. The quantitative estimate of drug-likeness (QED) is 0.711. The van der Waals surface area contributed by atoms with Gasteiger partial charge in [0.25, 0.3) is 0 Å². The number of nitrogens with two attached hydrogens (primary N) is 1. The highest BCUT2D eigenvalue weighted by molar-refractivity contribution is 5.79. The third-order valence-corrected chi connectivity index (χ3v) is 5.42. The minimum absolute atomic E-state index is 0.276. The molecule has 0 saturated heterocycles. The highest BCUT2D eigenvalue weighted by Crippen LogP contribution is 2.50. The van der Waals surface area contributed by atoms with Gasteiger partial charge in [0, 0.05) is 31.4 Å². The van der Waals surface area contributed by atoms with Crippen molar-refractivity contribution in [2.24, 2.45) is 10.7 Å². The van der Waals surface area contributed by atoms with Crippen LogP contribution >= 0.6 is 0 Å². The summed E-state index contributed by atoms with van der Waals surface area (Å²) in [4.78, 5) is 15.1. The molecule has 2 aliphatic rings. The van der Waals surface area contributed by atoms with Crippen molar-refractivity contribution in [1.82, 2.24) is 10.0 Å². The average molecular weight is 397 g/mol. The van der Waals surface area contributed by atoms with Crippen LogP contribution in [0.25, 0.3) is 11.1 Å². The molecule has 0 radical (unpaired) electrons. The van der Waals surface area contributed by atoms with Gasteiger partial charge in [0.1, 0.15) is 11.9 Å². The molecule has 30 heavy (non-hydrogen) atoms. The first kappa shape index (κ1) is 18.2. The maximum absolute atomic E-state index is 9.23. The van der Waals surface area contributed by atoms with E-state index in [1.807, 2.05) is 48.5 Å². The fraction of sp³-hybridized carbons (Fsp3) is 0.174. The molecule has 1 spiro atoms. The molecule has 5 rings (SSSR count). The molecule has 2 atom stereocenters. The number of benzene rings is 2. The second-order valence-corrected chi connectivity index (χ2v) is 7.34. The van der Waals surface area contributed by atoms with Gasteiger partial charge in [0.05, 0.1) is 17.2 Å². The second kappa shape index (κ2) is 6.87. The van der Waals surface area contributed by atoms with Gasteiger partial charge >= 0.3 is 0 Å². The summed E-state index contributed by atoms with van der Waals surface area (Å²) >= 11 is 0. The lowest BCUT2D eigenvalue weighted by molar-refractivity contribution is -0.191. The van der Waals surface area contributed by atoms with E-state index in [-0.39, 0.29) is 6.10 Å². The van der Waals surface area contributed by atoms with E-state index < -0.39 is 5.72 Å². The standard InChI is InChI=1S/C23H19N5O2/c1-28-22(25)27-23(30-28)12-21(18-6-3-9-26-14-18)29-20-8-7-17(11-19(20)23)16-5-2-4-15(10-16)13-24/h2-11,14,21H,12H2,1H3,(H2,25,27). The van der Waals surface area contributed by atoms with Crippen LogP contribution in [-0.2, 0) is 10.6 Å². The number of nitriles is 1. The molecule has 148 valence electrons. The molecule has 0 bridgehead atoms. The lowest BCUT2D eigenvalue weighted by Crippen LogP contribution is -2.36. The summed E-state index contributed by atoms with van der Waals surface area (Å²) in [6, 6.07) is 19.4. The number of aliphatic imine (C=N–C) groups is 1. The first-order valence-electron chi connectivity index (χ1n) is 9.58. The van der Waals surface area contributed by atoms with E-state index >= 15 is 0 Å². The number of guanidine groups is 1. The van der Waals surface area contributed by atoms with E-state index in [0.29, 0.717) is 23.7 Å². The van der Waals surface area contributed by atoms with Gasteiger partial charge in [-0.25, -0.2) is 14.9 Å². The number of aromatic nitrogens is 1. The van der Waals surface area contributed by atoms with Crippen LogP contribution in [0.1, 0.15) is 29.2 Å². The largest absolute Gasteiger partial charge is 0.485 e. The molecule has 1 aromatic heterocycles. The van der Waals surface area contributed by atoms with Gasteiger partial charge in [0.15, 0.2) is 0 Å². The Morgan fingerprint density at radius 2 is 2.03 bits per heavy atom. The third kappa shape index (κ3) is 2.95. The van der Waals surface area contributed by atoms with Crippen LogP contribution in [0, 0.1) is 11.3 Å². The maximum atomic E-state index is 9.23. The summed E-state index contributed by atoms with van der Waals surface area (Å²) < 4.78 is 6.31. The molecular weight excluding hydrogens is 378 g/mol. The Morgan fingerprint density at radius 3 is 2.77 bits per heavy atom. The van der Waals surface area contributed by atoms with Gasteiger partial charge in [-0.15, -0.1) is 0 Å². The molecule has 0 aliphatic carbocycles. The van der Waals surface area contributed by atoms with Crippen molar-refractivity contribution in [3.05, 3.63) is 83.7 Å². The van der Waals surface area contributed by atoms with Crippen molar-refractivity contribution < 1.29 is 9.57 Å². The third-order valence-electron chi connectivity index (χ3n) is 5.42. The highest BCUT2D eigenvalue weighted by atomic mass is 16.7. The van der Waals surface area contributed by atoms with Crippen LogP contribution in [0.5, 0.6) is 5.75 Å². The fourth-order valence-corrected chi connectivity index (χ4v) is 3.94. The van der Waals surface area contributed by atoms with Crippen LogP contribution in [-0.4, -0.2) is 23.1 Å². The highest BCUT2D eigenvalue weighted by Gasteiger charge is 2.49. The molecule has 2 unspecified atom stereocenters. The van der Waals surface area contributed by atoms with E-state index in [1.54, 1.807) is 25.5 Å². The molecule has 2 aromatic carbocycles. The zero-order chi connectivity index (χ0) is 20.7. The topological polar surface area (TPSA) is 96.8 Å². The van der Waals surface area contributed by atoms with Crippen LogP contribution in [0.2, 0.25) is 0 Å². The zero-order valence-electron chi connectivity index (χ0n) is 16.3. The second-order valence-electron chi connectivity index (χ2n) is 7.34. The lowest BCUT2D eigenvalue weighted by Gasteiger charge is -2.37. The molecule has 0 amide bonds. The number of hydrogen-bond acceptors (Lipinski definition) is 7. The van der Waals surface area contributed by atoms with Gasteiger partial charge in [-0.1, -0.05) is 24.3 Å². The van der Waals surface area contributed by atoms with Gasteiger partial charge < -0.3 is 10.5 Å². The molecule has 2 N–H and O–H groups in total. The predicted molar refractivity (Wildman–Crippen MR) is 111 cm³/mol. The van der Waals surface area contributed by atoms with E-state index in [1.165, 1.54) is 5.06 Å². The van der Waals surface area contributed by atoms with Crippen LogP contribution < -0.4 is 10.5 Å². The number of ether oxygens (including phenoxy) is 1. The number of rotatable bonds is 2. The first-order valence-corrected chi connectivity index (χ1v) is 9.58. The summed E-state index contributed by atoms with van der Waals surface area (Å²) in [5.74, 6) is 0.992. The molecule has 7 nitrogen and oxygen atoms in total. The van der Waals surface area contributed by atoms with E-state index in [2.05, 4.69) is 11.1 Å². The number of pyridine rings is 1. The Hall–Kier alpha value is -3.89. The fourth-order valence-electron chi connectivity index (χ4n) is 3.94. The van der Waals surface area contributed by atoms with E-state index in [4.69, 9.17) is 20.3 Å². The molecule has 3 aromatic rings. The maximum Gasteiger partial charge on any atom is 0.222 e. The Balaban J connectivity index is 1.63. The smallest absolute Gasteiger partial charge is 0.222 e. The summed E-state index contributed by atoms with van der Waals surface area (Å²) in [7, 11) is 1.74. The monoisotopic (exact) mass is 397 g/mol. The SMILES string of the molecule is CN1OC2(CC(c3cccnc3)Oc3ccc(-c4cccc(C#N)c4)cc32)N=C1N. The van der Waals surface area contributed by atoms with Crippen molar-refractivity contribution in [3.8, 4) is 22.9 Å². The van der Waals surface area contributed by atoms with E-state index in [9.17, 15) is 5.26 Å². The van der Waals surface area contributed by atoms with E-state index in [0.717, 1.165) is 22.3 Å². The van der Waals surface area contributed by atoms with Crippen LogP contribution in [0.15, 0.2) is 72.0 Å². The first-order chi connectivity index (χ1) is 14.6. The minimum Gasteiger partial charge on any atom is -0.485 e. The van der Waals surface area contributed by atoms with Gasteiger partial charge in [-0.05, 0) is 41.5 Å². The summed E-state index contributed by atoms with van der Waals surface area (Å²) in [5, 5.41) is 10.7. The van der Waals surface area contributed by atoms with Crippen molar-refractivity contribution in [2.75, 3.05) is 7.05 Å². The lowest BCUT2D eigenvalue weighted by atomic mass is 9.88.